The molecule has 2 aliphatic heterocycles. The summed E-state index contributed by atoms with van der Waals surface area (Å²) in [6.07, 6.45) is 4.60. The van der Waals surface area contributed by atoms with Gasteiger partial charge in [-0.25, -0.2) is 4.39 Å². The molecular weight excluding hydrogens is 437 g/mol. The summed E-state index contributed by atoms with van der Waals surface area (Å²) in [5.74, 6) is -0.0208. The fraction of sp³-hybridized carbons (Fsp3) is 0.360. The lowest BCUT2D eigenvalue weighted by atomic mass is 9.66. The minimum atomic E-state index is -0.534. The van der Waals surface area contributed by atoms with E-state index in [-0.39, 0.29) is 23.4 Å². The molecule has 2 aromatic rings. The molecule has 2 N–H and O–H groups in total. The number of fused-ring (bicyclic) bond motifs is 4. The number of benzene rings is 1. The maximum atomic E-state index is 14.9. The quantitative estimate of drug-likeness (QED) is 0.758. The van der Waals surface area contributed by atoms with E-state index in [1.807, 2.05) is 29.2 Å². The largest absolute Gasteiger partial charge is 0.378 e. The van der Waals surface area contributed by atoms with Gasteiger partial charge in [0.25, 0.3) is 0 Å². The number of amides is 1. The van der Waals surface area contributed by atoms with Crippen molar-refractivity contribution in [2.75, 3.05) is 13.1 Å². The number of aliphatic imine (C=N–C) groups is 1. The van der Waals surface area contributed by atoms with E-state index in [2.05, 4.69) is 11.9 Å². The Balaban J connectivity index is 1.35. The zero-order valence-corrected chi connectivity index (χ0v) is 18.9. The minimum absolute atomic E-state index is 0.0900. The molecule has 0 radical (unpaired) electrons. The average molecular weight is 460 g/mol. The molecule has 3 heterocycles. The van der Waals surface area contributed by atoms with Gasteiger partial charge >= 0.3 is 0 Å². The van der Waals surface area contributed by atoms with Gasteiger partial charge in [0, 0.05) is 31.6 Å². The first-order valence-electron chi connectivity index (χ1n) is 11.1. The van der Waals surface area contributed by atoms with E-state index < -0.39 is 16.1 Å². The number of amidine groups is 1. The molecule has 0 bridgehead atoms. The Morgan fingerprint density at radius 2 is 2.18 bits per heavy atom. The third-order valence-electron chi connectivity index (χ3n) is 7.60. The van der Waals surface area contributed by atoms with Crippen molar-refractivity contribution in [1.82, 2.24) is 9.88 Å². The molecule has 166 valence electrons. The summed E-state index contributed by atoms with van der Waals surface area (Å²) in [4.78, 5) is 24.2. The Hall–Kier alpha value is -3.18. The number of likely N-dealkylation sites (tertiary alicyclic amines) is 1. The summed E-state index contributed by atoms with van der Waals surface area (Å²) >= 11 is 1.43. The number of nitriles is 1. The highest BCUT2D eigenvalue weighted by molar-refractivity contribution is 8.15. The van der Waals surface area contributed by atoms with Crippen molar-refractivity contribution < 1.29 is 9.18 Å². The van der Waals surface area contributed by atoms with Crippen LogP contribution in [-0.4, -0.2) is 38.8 Å². The molecule has 6 rings (SSSR count). The van der Waals surface area contributed by atoms with Gasteiger partial charge in [0.15, 0.2) is 5.17 Å². The van der Waals surface area contributed by atoms with E-state index in [0.717, 1.165) is 37.1 Å². The summed E-state index contributed by atoms with van der Waals surface area (Å²) < 4.78 is 14.3. The second kappa shape index (κ2) is 6.91. The Labute approximate surface area is 195 Å². The van der Waals surface area contributed by atoms with Gasteiger partial charge in [-0.3, -0.25) is 14.8 Å². The number of thioether (sulfide) groups is 1. The van der Waals surface area contributed by atoms with Gasteiger partial charge in [-0.1, -0.05) is 30.8 Å². The van der Waals surface area contributed by atoms with Crippen molar-refractivity contribution in [2.45, 2.75) is 30.1 Å². The monoisotopic (exact) mass is 459 g/mol. The van der Waals surface area contributed by atoms with Crippen LogP contribution in [-0.2, 0) is 16.8 Å². The van der Waals surface area contributed by atoms with E-state index in [0.29, 0.717) is 16.3 Å². The fourth-order valence-corrected chi connectivity index (χ4v) is 7.32. The number of carbonyl (C=O) groups is 1. The van der Waals surface area contributed by atoms with E-state index in [1.165, 1.54) is 30.1 Å². The van der Waals surface area contributed by atoms with E-state index in [1.54, 1.807) is 6.07 Å². The third-order valence-corrected chi connectivity index (χ3v) is 9.03. The minimum Gasteiger partial charge on any atom is -0.378 e. The Kier molecular flexibility index (Phi) is 4.28. The van der Waals surface area contributed by atoms with Crippen molar-refractivity contribution in [3.8, 4) is 6.07 Å². The van der Waals surface area contributed by atoms with Gasteiger partial charge in [-0.05, 0) is 53.3 Å². The first kappa shape index (κ1) is 20.4. The number of halogens is 1. The number of pyridine rings is 1. The molecule has 4 atom stereocenters. The summed E-state index contributed by atoms with van der Waals surface area (Å²) in [6.45, 7) is 3.76. The lowest BCUT2D eigenvalue weighted by molar-refractivity contribution is -0.135. The molecule has 1 aromatic heterocycles. The van der Waals surface area contributed by atoms with E-state index >= 15 is 0 Å². The summed E-state index contributed by atoms with van der Waals surface area (Å²) in [5.41, 5.74) is 9.25. The molecule has 2 aliphatic carbocycles. The average Bonchev–Trinajstić information content (AvgIpc) is 3.38. The highest BCUT2D eigenvalue weighted by Gasteiger charge is 2.79. The number of hydrogen-bond donors (Lipinski definition) is 1. The van der Waals surface area contributed by atoms with Crippen LogP contribution in [0.1, 0.15) is 41.3 Å². The lowest BCUT2D eigenvalue weighted by Crippen LogP contribution is -2.53. The molecular formula is C25H22FN5OS. The number of carbonyl (C=O) groups excluding carboxylic acids is 1. The Morgan fingerprint density at radius 3 is 2.85 bits per heavy atom. The van der Waals surface area contributed by atoms with Gasteiger partial charge in [0.05, 0.1) is 16.8 Å². The molecule has 1 saturated carbocycles. The van der Waals surface area contributed by atoms with Crippen LogP contribution in [0.15, 0.2) is 41.5 Å². The van der Waals surface area contributed by atoms with Crippen LogP contribution < -0.4 is 5.73 Å². The predicted octanol–water partition coefficient (Wildman–Crippen LogP) is 3.47. The number of hydrogen-bond acceptors (Lipinski definition) is 6. The van der Waals surface area contributed by atoms with Crippen LogP contribution in [0.5, 0.6) is 0 Å². The normalized spacial score (nSPS) is 31.5. The Morgan fingerprint density at radius 1 is 1.36 bits per heavy atom. The standard InChI is InChI=1S/C25H22FN5OS/c1-14-21-24(30-23(28)33-25(14,21)22(32)31-7-2-8-31)11-17-5-3-15(9-18(17)24)10-19(26)20-6-4-16(12-27)13-29-20/h3-6,9-10,13-14,21H,2,7-8,11H2,1H3,(H2,28,30)/b19-10-/t14?,21?,24-,25+/m1/s1. The van der Waals surface area contributed by atoms with E-state index in [9.17, 15) is 9.18 Å². The van der Waals surface area contributed by atoms with Crippen molar-refractivity contribution in [1.29, 1.82) is 5.26 Å². The van der Waals surface area contributed by atoms with Gasteiger partial charge in [-0.15, -0.1) is 0 Å². The van der Waals surface area contributed by atoms with Gasteiger partial charge < -0.3 is 10.6 Å². The second-order valence-electron chi connectivity index (χ2n) is 9.31. The maximum absolute atomic E-state index is 14.9. The number of nitrogens with two attached hydrogens (primary N) is 1. The number of nitrogens with zero attached hydrogens (tertiary/aromatic N) is 4. The molecule has 8 heteroatoms. The van der Waals surface area contributed by atoms with E-state index in [4.69, 9.17) is 16.0 Å². The fourth-order valence-electron chi connectivity index (χ4n) is 5.77. The van der Waals surface area contributed by atoms with Crippen LogP contribution in [0.4, 0.5) is 4.39 Å². The molecule has 33 heavy (non-hydrogen) atoms. The lowest BCUT2D eigenvalue weighted by Gasteiger charge is -2.46. The van der Waals surface area contributed by atoms with Crippen molar-refractivity contribution >= 4 is 34.7 Å². The SMILES string of the molecule is CC1C2[C@@]1(C(=O)N1CCC1)SC(N)=N[C@@]21Cc2ccc(/C=C(\F)c3ccc(C#N)cn3)cc21. The van der Waals surface area contributed by atoms with Gasteiger partial charge in [0.2, 0.25) is 5.91 Å². The Bertz CT molecular complexity index is 1290. The molecule has 1 spiro atoms. The van der Waals surface area contributed by atoms with Crippen molar-refractivity contribution in [2.24, 2.45) is 22.6 Å². The van der Waals surface area contributed by atoms with Crippen molar-refractivity contribution in [3.63, 3.8) is 0 Å². The highest BCUT2D eigenvalue weighted by atomic mass is 32.2. The van der Waals surface area contributed by atoms with Crippen LogP contribution in [0.2, 0.25) is 0 Å². The molecule has 2 unspecified atom stereocenters. The predicted molar refractivity (Wildman–Crippen MR) is 126 cm³/mol. The van der Waals surface area contributed by atoms with Gasteiger partial charge in [0.1, 0.15) is 16.6 Å². The molecule has 2 fully saturated rings. The summed E-state index contributed by atoms with van der Waals surface area (Å²) in [6, 6.07) is 10.9. The molecule has 6 nitrogen and oxygen atoms in total. The zero-order valence-electron chi connectivity index (χ0n) is 18.1. The topological polar surface area (TPSA) is 95.4 Å². The first-order chi connectivity index (χ1) is 15.9. The molecule has 1 aromatic carbocycles. The number of aromatic nitrogens is 1. The molecule has 1 saturated heterocycles. The molecule has 1 amide bonds. The third kappa shape index (κ3) is 2.75. The summed E-state index contributed by atoms with van der Waals surface area (Å²) in [5, 5.41) is 9.37. The van der Waals surface area contributed by atoms with Gasteiger partial charge in [-0.2, -0.15) is 5.26 Å². The summed E-state index contributed by atoms with van der Waals surface area (Å²) in [7, 11) is 0. The number of rotatable bonds is 3. The second-order valence-corrected chi connectivity index (χ2v) is 10.6. The van der Waals surface area contributed by atoms with Crippen LogP contribution in [0, 0.1) is 23.2 Å². The van der Waals surface area contributed by atoms with Crippen LogP contribution in [0.3, 0.4) is 0 Å². The van der Waals surface area contributed by atoms with Crippen molar-refractivity contribution in [3.05, 3.63) is 64.5 Å². The van der Waals surface area contributed by atoms with Crippen LogP contribution >= 0.6 is 11.8 Å². The molecule has 4 aliphatic rings. The maximum Gasteiger partial charge on any atom is 0.239 e. The smallest absolute Gasteiger partial charge is 0.239 e. The first-order valence-corrected chi connectivity index (χ1v) is 11.9. The zero-order chi connectivity index (χ0) is 23.0. The highest BCUT2D eigenvalue weighted by Crippen LogP contribution is 2.73. The van der Waals surface area contributed by atoms with Crippen LogP contribution in [0.25, 0.3) is 11.9 Å².